The summed E-state index contributed by atoms with van der Waals surface area (Å²) in [6, 6.07) is 6.38. The minimum absolute atomic E-state index is 0.0183. The maximum atomic E-state index is 12.7. The third-order valence-electron chi connectivity index (χ3n) is 4.55. The number of rotatable bonds is 9. The van der Waals surface area contributed by atoms with Crippen molar-refractivity contribution in [2.75, 3.05) is 39.8 Å². The predicted octanol–water partition coefficient (Wildman–Crippen LogP) is 1.21. The Morgan fingerprint density at radius 3 is 2.38 bits per heavy atom. The van der Waals surface area contributed by atoms with Crippen LogP contribution in [-0.4, -0.2) is 58.5 Å². The molecule has 0 spiro atoms. The summed E-state index contributed by atoms with van der Waals surface area (Å²) in [7, 11) is -1.99. The molecule has 2 N–H and O–H groups in total. The fourth-order valence-electron chi connectivity index (χ4n) is 2.98. The van der Waals surface area contributed by atoms with Crippen LogP contribution in [0.4, 0.5) is 0 Å². The Morgan fingerprint density at radius 2 is 1.81 bits per heavy atom. The molecule has 0 aromatic heterocycles. The van der Waals surface area contributed by atoms with Crippen molar-refractivity contribution >= 4 is 15.9 Å². The molecule has 0 radical (unpaired) electrons. The summed E-state index contributed by atoms with van der Waals surface area (Å²) in [6.45, 7) is 5.12. The highest BCUT2D eigenvalue weighted by Crippen LogP contribution is 2.25. The number of methoxy groups -OCH3 is 1. The van der Waals surface area contributed by atoms with Gasteiger partial charge in [0.1, 0.15) is 5.75 Å². The molecule has 1 saturated heterocycles. The molecule has 0 atom stereocenters. The number of nitrogens with one attached hydrogen (secondary N) is 2. The van der Waals surface area contributed by atoms with Crippen molar-refractivity contribution in [3.05, 3.63) is 24.3 Å². The van der Waals surface area contributed by atoms with E-state index in [2.05, 4.69) is 17.6 Å². The standard InChI is InChI=1S/C18H29N3O4S/c1-3-10-19-11-12-20-18(22)15-8-13-21(14-9-15)26(23,24)17-6-4-16(25-2)5-7-17/h4-7,15,19H,3,8-14H2,1-2H3,(H,20,22). The van der Waals surface area contributed by atoms with Crippen LogP contribution in [0.1, 0.15) is 26.2 Å². The minimum Gasteiger partial charge on any atom is -0.497 e. The van der Waals surface area contributed by atoms with Crippen LogP contribution in [-0.2, 0) is 14.8 Å². The molecule has 0 bridgehead atoms. The smallest absolute Gasteiger partial charge is 0.243 e. The lowest BCUT2D eigenvalue weighted by molar-refractivity contribution is -0.126. The molecule has 146 valence electrons. The molecular formula is C18H29N3O4S. The van der Waals surface area contributed by atoms with E-state index in [0.717, 1.165) is 19.5 Å². The highest BCUT2D eigenvalue weighted by atomic mass is 32.2. The van der Waals surface area contributed by atoms with Gasteiger partial charge in [-0.3, -0.25) is 4.79 Å². The summed E-state index contributed by atoms with van der Waals surface area (Å²) in [5, 5.41) is 6.16. The fourth-order valence-corrected chi connectivity index (χ4v) is 4.45. The van der Waals surface area contributed by atoms with Crippen LogP contribution in [0, 0.1) is 5.92 Å². The number of amides is 1. The van der Waals surface area contributed by atoms with Gasteiger partial charge in [-0.25, -0.2) is 8.42 Å². The molecule has 7 nitrogen and oxygen atoms in total. The molecule has 0 unspecified atom stereocenters. The quantitative estimate of drug-likeness (QED) is 0.626. The lowest BCUT2D eigenvalue weighted by Gasteiger charge is -2.30. The topological polar surface area (TPSA) is 87.7 Å². The van der Waals surface area contributed by atoms with Crippen molar-refractivity contribution in [1.82, 2.24) is 14.9 Å². The van der Waals surface area contributed by atoms with Gasteiger partial charge in [0, 0.05) is 32.1 Å². The zero-order chi connectivity index (χ0) is 19.0. The van der Waals surface area contributed by atoms with Gasteiger partial charge in [0.05, 0.1) is 12.0 Å². The highest BCUT2D eigenvalue weighted by molar-refractivity contribution is 7.89. The number of piperidine rings is 1. The summed E-state index contributed by atoms with van der Waals surface area (Å²) in [5.74, 6) is 0.515. The van der Waals surface area contributed by atoms with Crippen molar-refractivity contribution in [2.24, 2.45) is 5.92 Å². The Bertz CT molecular complexity index is 668. The predicted molar refractivity (Wildman–Crippen MR) is 101 cm³/mol. The molecule has 8 heteroatoms. The third-order valence-corrected chi connectivity index (χ3v) is 6.46. The molecule has 1 amide bonds. The number of sulfonamides is 1. The van der Waals surface area contributed by atoms with E-state index in [-0.39, 0.29) is 16.7 Å². The van der Waals surface area contributed by atoms with E-state index in [1.54, 1.807) is 31.4 Å². The zero-order valence-corrected chi connectivity index (χ0v) is 16.3. The molecule has 1 aliphatic heterocycles. The van der Waals surface area contributed by atoms with Crippen molar-refractivity contribution in [3.63, 3.8) is 0 Å². The number of hydrogen-bond acceptors (Lipinski definition) is 5. The normalized spacial score (nSPS) is 16.4. The van der Waals surface area contributed by atoms with Gasteiger partial charge in [0.25, 0.3) is 0 Å². The van der Waals surface area contributed by atoms with Gasteiger partial charge in [0.15, 0.2) is 0 Å². The van der Waals surface area contributed by atoms with Gasteiger partial charge in [-0.15, -0.1) is 0 Å². The van der Waals surface area contributed by atoms with Gasteiger partial charge in [-0.1, -0.05) is 6.92 Å². The number of benzene rings is 1. The summed E-state index contributed by atoms with van der Waals surface area (Å²) in [6.07, 6.45) is 2.16. The number of carbonyl (C=O) groups excluding carboxylic acids is 1. The Labute approximate surface area is 156 Å². The number of nitrogens with zero attached hydrogens (tertiary/aromatic N) is 1. The van der Waals surface area contributed by atoms with Crippen LogP contribution in [0.3, 0.4) is 0 Å². The maximum Gasteiger partial charge on any atom is 0.243 e. The molecule has 2 rings (SSSR count). The van der Waals surface area contributed by atoms with E-state index >= 15 is 0 Å². The van der Waals surface area contributed by atoms with E-state index < -0.39 is 10.0 Å². The Morgan fingerprint density at radius 1 is 1.15 bits per heavy atom. The molecule has 1 aliphatic rings. The molecule has 1 aromatic rings. The van der Waals surface area contributed by atoms with E-state index in [1.807, 2.05) is 0 Å². The Kier molecular flexibility index (Phi) is 7.86. The van der Waals surface area contributed by atoms with E-state index in [0.29, 0.717) is 38.2 Å². The average Bonchev–Trinajstić information content (AvgIpc) is 2.67. The lowest BCUT2D eigenvalue weighted by Crippen LogP contribution is -2.44. The average molecular weight is 384 g/mol. The first-order valence-electron chi connectivity index (χ1n) is 9.11. The molecule has 1 heterocycles. The van der Waals surface area contributed by atoms with Crippen LogP contribution in [0.2, 0.25) is 0 Å². The van der Waals surface area contributed by atoms with Gasteiger partial charge < -0.3 is 15.4 Å². The second-order valence-corrected chi connectivity index (χ2v) is 8.33. The highest BCUT2D eigenvalue weighted by Gasteiger charge is 2.31. The number of hydrogen-bond donors (Lipinski definition) is 2. The van der Waals surface area contributed by atoms with Crippen molar-refractivity contribution in [3.8, 4) is 5.75 Å². The fraction of sp³-hybridized carbons (Fsp3) is 0.611. The summed E-state index contributed by atoms with van der Waals surface area (Å²) in [5.41, 5.74) is 0. The summed E-state index contributed by atoms with van der Waals surface area (Å²) < 4.78 is 31.9. The first-order chi connectivity index (χ1) is 12.5. The monoisotopic (exact) mass is 383 g/mol. The van der Waals surface area contributed by atoms with Crippen molar-refractivity contribution in [1.29, 1.82) is 0 Å². The maximum absolute atomic E-state index is 12.7. The summed E-state index contributed by atoms with van der Waals surface area (Å²) >= 11 is 0. The zero-order valence-electron chi connectivity index (χ0n) is 15.5. The van der Waals surface area contributed by atoms with Gasteiger partial charge in [0.2, 0.25) is 15.9 Å². The number of ether oxygens (including phenoxy) is 1. The second kappa shape index (κ2) is 9.89. The minimum atomic E-state index is -3.53. The van der Waals surface area contributed by atoms with Crippen LogP contribution in [0.15, 0.2) is 29.2 Å². The van der Waals surface area contributed by atoms with E-state index in [9.17, 15) is 13.2 Å². The molecular weight excluding hydrogens is 354 g/mol. The van der Waals surface area contributed by atoms with Crippen LogP contribution < -0.4 is 15.4 Å². The summed E-state index contributed by atoms with van der Waals surface area (Å²) in [4.78, 5) is 12.5. The van der Waals surface area contributed by atoms with E-state index in [4.69, 9.17) is 4.74 Å². The van der Waals surface area contributed by atoms with Gasteiger partial charge >= 0.3 is 0 Å². The molecule has 0 aliphatic carbocycles. The van der Waals surface area contributed by atoms with Crippen molar-refractivity contribution < 1.29 is 17.9 Å². The largest absolute Gasteiger partial charge is 0.497 e. The molecule has 26 heavy (non-hydrogen) atoms. The first-order valence-corrected chi connectivity index (χ1v) is 10.6. The van der Waals surface area contributed by atoms with Crippen LogP contribution >= 0.6 is 0 Å². The Hall–Kier alpha value is -1.64. The molecule has 1 aromatic carbocycles. The van der Waals surface area contributed by atoms with Crippen LogP contribution in [0.5, 0.6) is 5.75 Å². The number of carbonyl (C=O) groups is 1. The lowest BCUT2D eigenvalue weighted by atomic mass is 9.97. The van der Waals surface area contributed by atoms with Crippen LogP contribution in [0.25, 0.3) is 0 Å². The third kappa shape index (κ3) is 5.43. The first kappa shape index (κ1) is 20.7. The van der Waals surface area contributed by atoms with Gasteiger partial charge in [-0.2, -0.15) is 4.31 Å². The molecule has 0 saturated carbocycles. The second-order valence-electron chi connectivity index (χ2n) is 6.39. The Balaban J connectivity index is 1.83. The van der Waals surface area contributed by atoms with Gasteiger partial charge in [-0.05, 0) is 50.1 Å². The van der Waals surface area contributed by atoms with Crippen molar-refractivity contribution in [2.45, 2.75) is 31.1 Å². The van der Waals surface area contributed by atoms with E-state index in [1.165, 1.54) is 4.31 Å². The molecule has 1 fully saturated rings. The SMILES string of the molecule is CCCNCCNC(=O)C1CCN(S(=O)(=O)c2ccc(OC)cc2)CC1.